The zero-order valence-corrected chi connectivity index (χ0v) is 14.2. The van der Waals surface area contributed by atoms with E-state index in [1.54, 1.807) is 18.2 Å². The summed E-state index contributed by atoms with van der Waals surface area (Å²) in [6.07, 6.45) is -0.163. The van der Waals surface area contributed by atoms with Crippen molar-refractivity contribution in [1.82, 2.24) is 10.6 Å². The maximum Gasteiger partial charge on any atom is 0.223 e. The highest BCUT2D eigenvalue weighted by Gasteiger charge is 2.24. The van der Waals surface area contributed by atoms with Crippen LogP contribution in [0.3, 0.4) is 0 Å². The topological polar surface area (TPSA) is 70.6 Å². The summed E-state index contributed by atoms with van der Waals surface area (Å²) < 4.78 is 5.44. The number of rotatable bonds is 6. The summed E-state index contributed by atoms with van der Waals surface area (Å²) in [5.41, 5.74) is 0. The van der Waals surface area contributed by atoms with Crippen molar-refractivity contribution in [2.75, 3.05) is 26.2 Å². The van der Waals surface area contributed by atoms with Crippen molar-refractivity contribution in [1.29, 1.82) is 0 Å². The lowest BCUT2D eigenvalue weighted by atomic mass is 10.1. The maximum absolute atomic E-state index is 11.7. The molecule has 0 radical (unpaired) electrons. The fourth-order valence-corrected chi connectivity index (χ4v) is 2.57. The lowest BCUT2D eigenvalue weighted by Gasteiger charge is -2.14. The molecule has 22 heavy (non-hydrogen) atoms. The molecule has 0 bridgehead atoms. The highest BCUT2D eigenvalue weighted by molar-refractivity contribution is 6.35. The molecule has 8 heteroatoms. The Labute approximate surface area is 145 Å². The van der Waals surface area contributed by atoms with E-state index < -0.39 is 6.10 Å². The van der Waals surface area contributed by atoms with E-state index in [4.69, 9.17) is 27.9 Å². The van der Waals surface area contributed by atoms with Crippen LogP contribution in [0.5, 0.6) is 5.75 Å². The van der Waals surface area contributed by atoms with Gasteiger partial charge in [0.25, 0.3) is 0 Å². The van der Waals surface area contributed by atoms with Crippen molar-refractivity contribution in [3.05, 3.63) is 28.2 Å². The Morgan fingerprint density at radius 2 is 2.18 bits per heavy atom. The smallest absolute Gasteiger partial charge is 0.223 e. The molecule has 2 unspecified atom stereocenters. The van der Waals surface area contributed by atoms with Crippen LogP contribution in [0.4, 0.5) is 0 Å². The van der Waals surface area contributed by atoms with Gasteiger partial charge in [-0.2, -0.15) is 0 Å². The van der Waals surface area contributed by atoms with Crippen LogP contribution in [-0.4, -0.2) is 43.4 Å². The van der Waals surface area contributed by atoms with Gasteiger partial charge >= 0.3 is 0 Å². The van der Waals surface area contributed by atoms with Gasteiger partial charge in [0.15, 0.2) is 0 Å². The summed E-state index contributed by atoms with van der Waals surface area (Å²) >= 11 is 11.8. The lowest BCUT2D eigenvalue weighted by Crippen LogP contribution is -2.34. The van der Waals surface area contributed by atoms with Crippen LogP contribution >= 0.6 is 35.6 Å². The molecule has 0 aromatic heterocycles. The second-order valence-corrected chi connectivity index (χ2v) is 5.81. The minimum absolute atomic E-state index is 0. The molecule has 124 valence electrons. The van der Waals surface area contributed by atoms with E-state index in [1.165, 1.54) is 0 Å². The van der Waals surface area contributed by atoms with Crippen LogP contribution in [0.15, 0.2) is 18.2 Å². The molecule has 2 atom stereocenters. The van der Waals surface area contributed by atoms with E-state index in [0.717, 1.165) is 6.54 Å². The minimum atomic E-state index is -0.394. The molecule has 0 spiro atoms. The third-order valence-corrected chi connectivity index (χ3v) is 3.88. The minimum Gasteiger partial charge on any atom is -0.491 e. The van der Waals surface area contributed by atoms with Crippen LogP contribution in [0, 0.1) is 5.92 Å². The molecule has 1 saturated heterocycles. The maximum atomic E-state index is 11.7. The third kappa shape index (κ3) is 5.82. The van der Waals surface area contributed by atoms with Gasteiger partial charge < -0.3 is 20.5 Å². The van der Waals surface area contributed by atoms with Gasteiger partial charge in [-0.05, 0) is 18.2 Å². The Kier molecular flexibility index (Phi) is 8.28. The first-order valence-corrected chi connectivity index (χ1v) is 7.55. The first kappa shape index (κ1) is 19.3. The monoisotopic (exact) mass is 368 g/mol. The molecule has 1 amide bonds. The molecule has 3 N–H and O–H groups in total. The fraction of sp³-hybridized carbons (Fsp3) is 0.500. The molecule has 1 aromatic carbocycles. The number of halogens is 3. The second-order valence-electron chi connectivity index (χ2n) is 4.96. The third-order valence-electron chi connectivity index (χ3n) is 3.35. The van der Waals surface area contributed by atoms with E-state index in [-0.39, 0.29) is 37.3 Å². The first-order valence-electron chi connectivity index (χ1n) is 6.79. The lowest BCUT2D eigenvalue weighted by molar-refractivity contribution is -0.121. The number of nitrogens with one attached hydrogen (secondary N) is 2. The number of carbonyl (C=O) groups is 1. The molecule has 1 heterocycles. The second kappa shape index (κ2) is 9.43. The molecular formula is C14H19Cl3N2O3. The Hall–Kier alpha value is -0.720. The average molecular weight is 370 g/mol. The van der Waals surface area contributed by atoms with Crippen molar-refractivity contribution in [3.63, 3.8) is 0 Å². The van der Waals surface area contributed by atoms with Gasteiger partial charge in [-0.3, -0.25) is 4.79 Å². The molecule has 0 aliphatic carbocycles. The largest absolute Gasteiger partial charge is 0.491 e. The SMILES string of the molecule is Cl.O=C(CCOc1ccc(Cl)cc1Cl)NCC1CNCC1O. The number of amides is 1. The van der Waals surface area contributed by atoms with E-state index in [2.05, 4.69) is 10.6 Å². The normalized spacial score (nSPS) is 20.3. The van der Waals surface area contributed by atoms with Crippen LogP contribution in [0.2, 0.25) is 10.0 Å². The molecule has 5 nitrogen and oxygen atoms in total. The number of hydrogen-bond acceptors (Lipinski definition) is 4. The molecule has 1 fully saturated rings. The van der Waals surface area contributed by atoms with Crippen molar-refractivity contribution in [3.8, 4) is 5.75 Å². The molecule has 2 rings (SSSR count). The number of aliphatic hydroxyl groups excluding tert-OH is 1. The Balaban J connectivity index is 0.00000242. The quantitative estimate of drug-likeness (QED) is 0.716. The molecule has 1 aliphatic rings. The van der Waals surface area contributed by atoms with Gasteiger partial charge in [0.2, 0.25) is 5.91 Å². The van der Waals surface area contributed by atoms with E-state index in [0.29, 0.717) is 28.9 Å². The number of aliphatic hydroxyl groups is 1. The number of hydrogen-bond donors (Lipinski definition) is 3. The summed E-state index contributed by atoms with van der Waals surface area (Å²) in [5.74, 6) is 0.462. The van der Waals surface area contributed by atoms with Gasteiger partial charge in [0.1, 0.15) is 5.75 Å². The summed E-state index contributed by atoms with van der Waals surface area (Å²) in [4.78, 5) is 11.7. The Morgan fingerprint density at radius 3 is 2.82 bits per heavy atom. The average Bonchev–Trinajstić information content (AvgIpc) is 2.84. The number of benzene rings is 1. The highest BCUT2D eigenvalue weighted by Crippen LogP contribution is 2.27. The zero-order chi connectivity index (χ0) is 15.2. The first-order chi connectivity index (χ1) is 10.1. The van der Waals surface area contributed by atoms with Crippen molar-refractivity contribution >= 4 is 41.5 Å². The fourth-order valence-electron chi connectivity index (χ4n) is 2.11. The summed E-state index contributed by atoms with van der Waals surface area (Å²) in [5, 5.41) is 16.4. The zero-order valence-electron chi connectivity index (χ0n) is 11.9. The number of ether oxygens (including phenoxy) is 1. The van der Waals surface area contributed by atoms with Crippen LogP contribution < -0.4 is 15.4 Å². The molecular weight excluding hydrogens is 351 g/mol. The van der Waals surface area contributed by atoms with Crippen LogP contribution in [0.25, 0.3) is 0 Å². The predicted octanol–water partition coefficient (Wildman–Crippen LogP) is 1.88. The summed E-state index contributed by atoms with van der Waals surface area (Å²) in [6.45, 7) is 2.00. The molecule has 0 saturated carbocycles. The van der Waals surface area contributed by atoms with E-state index in [9.17, 15) is 9.90 Å². The van der Waals surface area contributed by atoms with Crippen molar-refractivity contribution in [2.45, 2.75) is 12.5 Å². The van der Waals surface area contributed by atoms with Gasteiger partial charge in [0.05, 0.1) is 24.2 Å². The van der Waals surface area contributed by atoms with Gasteiger partial charge in [-0.1, -0.05) is 23.2 Å². The molecule has 1 aliphatic heterocycles. The number of β-amino-alcohol motifs (C(OH)–C–C–N with tert-alkyl or cyclic N) is 1. The van der Waals surface area contributed by atoms with Crippen molar-refractivity contribution < 1.29 is 14.6 Å². The standard InChI is InChI=1S/C14H18Cl2N2O3.ClH/c15-10-1-2-13(11(16)5-10)21-4-3-14(20)18-7-9-6-17-8-12(9)19;/h1-2,5,9,12,17,19H,3-4,6-8H2,(H,18,20);1H. The molecule has 1 aromatic rings. The Morgan fingerprint density at radius 1 is 1.41 bits per heavy atom. The Bertz CT molecular complexity index is 502. The summed E-state index contributed by atoms with van der Waals surface area (Å²) in [7, 11) is 0. The highest BCUT2D eigenvalue weighted by atomic mass is 35.5. The van der Waals surface area contributed by atoms with Gasteiger partial charge in [-0.25, -0.2) is 0 Å². The van der Waals surface area contributed by atoms with Gasteiger partial charge in [-0.15, -0.1) is 12.4 Å². The van der Waals surface area contributed by atoms with Gasteiger partial charge in [0, 0.05) is 30.6 Å². The van der Waals surface area contributed by atoms with Crippen molar-refractivity contribution in [2.24, 2.45) is 5.92 Å². The van der Waals surface area contributed by atoms with E-state index in [1.807, 2.05) is 0 Å². The van der Waals surface area contributed by atoms with Crippen LogP contribution in [0.1, 0.15) is 6.42 Å². The van der Waals surface area contributed by atoms with Crippen LogP contribution in [-0.2, 0) is 4.79 Å². The van der Waals surface area contributed by atoms with E-state index >= 15 is 0 Å². The number of carbonyl (C=O) groups excluding carboxylic acids is 1. The summed E-state index contributed by atoms with van der Waals surface area (Å²) in [6, 6.07) is 4.94. The predicted molar refractivity (Wildman–Crippen MR) is 89.2 cm³/mol.